The predicted molar refractivity (Wildman–Crippen MR) is 98.6 cm³/mol. The van der Waals surface area contributed by atoms with Gasteiger partial charge in [0, 0.05) is 31.7 Å². The first-order chi connectivity index (χ1) is 12.7. The highest BCUT2D eigenvalue weighted by Crippen LogP contribution is 2.18. The van der Waals surface area contributed by atoms with Crippen LogP contribution < -0.4 is 10.2 Å². The van der Waals surface area contributed by atoms with Gasteiger partial charge in [-0.3, -0.25) is 4.79 Å². The number of nitrogens with zero attached hydrogens (tertiary/aromatic N) is 4. The largest absolute Gasteiger partial charge is 0.378 e. The summed E-state index contributed by atoms with van der Waals surface area (Å²) in [5, 5.41) is 3.56. The van der Waals surface area contributed by atoms with Gasteiger partial charge in [0.25, 0.3) is 5.91 Å². The minimum Gasteiger partial charge on any atom is -0.378 e. The van der Waals surface area contributed by atoms with Gasteiger partial charge in [-0.25, -0.2) is 9.97 Å². The molecule has 1 fully saturated rings. The molecule has 4 heterocycles. The Morgan fingerprint density at radius 1 is 1.23 bits per heavy atom. The molecule has 0 atom stereocenters. The first-order valence-electron chi connectivity index (χ1n) is 8.40. The van der Waals surface area contributed by atoms with Crippen LogP contribution >= 0.6 is 11.6 Å². The third-order valence-corrected chi connectivity index (χ3v) is 4.46. The van der Waals surface area contributed by atoms with E-state index >= 15 is 0 Å². The van der Waals surface area contributed by atoms with Gasteiger partial charge >= 0.3 is 0 Å². The molecule has 1 aliphatic heterocycles. The molecular formula is C18H18ClN5O2. The molecule has 0 aromatic carbocycles. The Labute approximate surface area is 155 Å². The predicted octanol–water partition coefficient (Wildman–Crippen LogP) is 2.15. The zero-order chi connectivity index (χ0) is 17.9. The van der Waals surface area contributed by atoms with Crippen LogP contribution in [-0.2, 0) is 11.3 Å². The van der Waals surface area contributed by atoms with Crippen molar-refractivity contribution >= 4 is 29.0 Å². The van der Waals surface area contributed by atoms with Crippen LogP contribution in [0.4, 0.5) is 5.82 Å². The third kappa shape index (κ3) is 3.49. The summed E-state index contributed by atoms with van der Waals surface area (Å²) >= 11 is 5.99. The second-order valence-electron chi connectivity index (χ2n) is 6.00. The minimum absolute atomic E-state index is 0.172. The van der Waals surface area contributed by atoms with Crippen LogP contribution in [0.25, 0.3) is 5.65 Å². The van der Waals surface area contributed by atoms with Crippen LogP contribution in [0.15, 0.2) is 42.9 Å². The Kier molecular flexibility index (Phi) is 4.73. The van der Waals surface area contributed by atoms with Crippen molar-refractivity contribution in [3.8, 4) is 0 Å². The number of pyridine rings is 2. The number of hydrogen-bond acceptors (Lipinski definition) is 5. The second-order valence-corrected chi connectivity index (χ2v) is 6.44. The summed E-state index contributed by atoms with van der Waals surface area (Å²) in [4.78, 5) is 23.6. The number of aromatic nitrogens is 3. The highest BCUT2D eigenvalue weighted by molar-refractivity contribution is 6.30. The molecule has 0 spiro atoms. The zero-order valence-corrected chi connectivity index (χ0v) is 14.8. The lowest BCUT2D eigenvalue weighted by molar-refractivity contribution is 0.0948. The van der Waals surface area contributed by atoms with Crippen LogP contribution in [0, 0.1) is 0 Å². The molecule has 0 aliphatic carbocycles. The molecule has 26 heavy (non-hydrogen) atoms. The highest BCUT2D eigenvalue weighted by Gasteiger charge is 2.19. The summed E-state index contributed by atoms with van der Waals surface area (Å²) < 4.78 is 7.21. The molecule has 3 aromatic heterocycles. The third-order valence-electron chi connectivity index (χ3n) is 4.24. The van der Waals surface area contributed by atoms with E-state index in [1.54, 1.807) is 30.6 Å². The molecule has 0 saturated carbocycles. The minimum atomic E-state index is -0.172. The van der Waals surface area contributed by atoms with Gasteiger partial charge < -0.3 is 19.4 Å². The number of carbonyl (C=O) groups excluding carboxylic acids is 1. The van der Waals surface area contributed by atoms with Crippen molar-refractivity contribution in [2.24, 2.45) is 0 Å². The molecule has 0 bridgehead atoms. The van der Waals surface area contributed by atoms with Gasteiger partial charge in [-0.1, -0.05) is 11.6 Å². The number of nitrogens with one attached hydrogen (secondary N) is 1. The molecule has 4 rings (SSSR count). The van der Waals surface area contributed by atoms with Crippen molar-refractivity contribution in [1.29, 1.82) is 0 Å². The highest BCUT2D eigenvalue weighted by atomic mass is 35.5. The Morgan fingerprint density at radius 3 is 2.92 bits per heavy atom. The molecule has 0 radical (unpaired) electrons. The molecule has 3 aromatic rings. The van der Waals surface area contributed by atoms with E-state index in [0.29, 0.717) is 36.2 Å². The van der Waals surface area contributed by atoms with E-state index in [2.05, 4.69) is 20.2 Å². The van der Waals surface area contributed by atoms with E-state index in [4.69, 9.17) is 16.3 Å². The first kappa shape index (κ1) is 16.8. The van der Waals surface area contributed by atoms with E-state index in [-0.39, 0.29) is 5.91 Å². The van der Waals surface area contributed by atoms with Crippen molar-refractivity contribution in [2.45, 2.75) is 6.54 Å². The lowest BCUT2D eigenvalue weighted by Gasteiger charge is -2.29. The first-order valence-corrected chi connectivity index (χ1v) is 8.77. The number of halogens is 1. The maximum Gasteiger partial charge on any atom is 0.255 e. The summed E-state index contributed by atoms with van der Waals surface area (Å²) in [7, 11) is 0. The Morgan fingerprint density at radius 2 is 2.08 bits per heavy atom. The van der Waals surface area contributed by atoms with Crippen molar-refractivity contribution in [3.05, 3.63) is 59.1 Å². The Hall–Kier alpha value is -2.64. The molecule has 1 saturated heterocycles. The standard InChI is InChI=1S/C18H18ClN5O2/c19-13-3-4-16-22-14(12-24(16)11-13)10-21-18(25)15-2-1-5-20-17(15)23-6-8-26-9-7-23/h1-5,11-12H,6-10H2,(H,21,25). The van der Waals surface area contributed by atoms with Gasteiger partial charge in [-0.05, 0) is 24.3 Å². The number of hydrogen-bond donors (Lipinski definition) is 1. The van der Waals surface area contributed by atoms with E-state index < -0.39 is 0 Å². The summed E-state index contributed by atoms with van der Waals surface area (Å²) in [6.45, 7) is 3.06. The van der Waals surface area contributed by atoms with Gasteiger partial charge in [0.1, 0.15) is 11.5 Å². The molecular weight excluding hydrogens is 354 g/mol. The van der Waals surface area contributed by atoms with E-state index in [0.717, 1.165) is 24.4 Å². The van der Waals surface area contributed by atoms with E-state index in [1.807, 2.05) is 16.7 Å². The summed E-state index contributed by atoms with van der Waals surface area (Å²) in [5.74, 6) is 0.518. The summed E-state index contributed by atoms with van der Waals surface area (Å²) in [6, 6.07) is 7.18. The lowest BCUT2D eigenvalue weighted by atomic mass is 10.2. The monoisotopic (exact) mass is 371 g/mol. The number of carbonyl (C=O) groups is 1. The van der Waals surface area contributed by atoms with Gasteiger partial charge in [0.2, 0.25) is 0 Å². The number of amides is 1. The summed E-state index contributed by atoms with van der Waals surface area (Å²) in [5.41, 5.74) is 2.10. The number of anilines is 1. The maximum atomic E-state index is 12.7. The average molecular weight is 372 g/mol. The number of morpholine rings is 1. The summed E-state index contributed by atoms with van der Waals surface area (Å²) in [6.07, 6.45) is 5.34. The number of fused-ring (bicyclic) bond motifs is 1. The molecule has 1 amide bonds. The van der Waals surface area contributed by atoms with E-state index in [9.17, 15) is 4.79 Å². The number of rotatable bonds is 4. The fourth-order valence-corrected chi connectivity index (χ4v) is 3.14. The SMILES string of the molecule is O=C(NCc1cn2cc(Cl)ccc2n1)c1cccnc1N1CCOCC1. The van der Waals surface area contributed by atoms with Gasteiger partial charge in [-0.2, -0.15) is 0 Å². The molecule has 134 valence electrons. The van der Waals surface area contributed by atoms with Gasteiger partial charge in [-0.15, -0.1) is 0 Å². The molecule has 8 heteroatoms. The van der Waals surface area contributed by atoms with Crippen molar-refractivity contribution < 1.29 is 9.53 Å². The average Bonchev–Trinajstić information content (AvgIpc) is 3.09. The second kappa shape index (κ2) is 7.31. The van der Waals surface area contributed by atoms with Crippen LogP contribution in [0.3, 0.4) is 0 Å². The number of ether oxygens (including phenoxy) is 1. The van der Waals surface area contributed by atoms with E-state index in [1.165, 1.54) is 0 Å². The van der Waals surface area contributed by atoms with Crippen LogP contribution in [0.1, 0.15) is 16.1 Å². The molecule has 7 nitrogen and oxygen atoms in total. The Balaban J connectivity index is 1.49. The van der Waals surface area contributed by atoms with Gasteiger partial charge in [0.05, 0.1) is 36.0 Å². The van der Waals surface area contributed by atoms with Crippen molar-refractivity contribution in [2.75, 3.05) is 31.2 Å². The van der Waals surface area contributed by atoms with Crippen molar-refractivity contribution in [1.82, 2.24) is 19.7 Å². The lowest BCUT2D eigenvalue weighted by Crippen LogP contribution is -2.38. The maximum absolute atomic E-state index is 12.7. The van der Waals surface area contributed by atoms with Crippen LogP contribution in [-0.4, -0.2) is 46.6 Å². The van der Waals surface area contributed by atoms with Crippen LogP contribution in [0.5, 0.6) is 0 Å². The topological polar surface area (TPSA) is 71.8 Å². The van der Waals surface area contributed by atoms with Gasteiger partial charge in [0.15, 0.2) is 0 Å². The molecule has 0 unspecified atom stereocenters. The quantitative estimate of drug-likeness (QED) is 0.760. The smallest absolute Gasteiger partial charge is 0.255 e. The molecule has 1 aliphatic rings. The molecule has 1 N–H and O–H groups in total. The van der Waals surface area contributed by atoms with Crippen molar-refractivity contribution in [3.63, 3.8) is 0 Å². The normalized spacial score (nSPS) is 14.6. The Bertz CT molecular complexity index is 936. The fourth-order valence-electron chi connectivity index (χ4n) is 2.97. The number of imidazole rings is 1. The van der Waals surface area contributed by atoms with Crippen LogP contribution in [0.2, 0.25) is 5.02 Å². The zero-order valence-electron chi connectivity index (χ0n) is 14.1. The fraction of sp³-hybridized carbons (Fsp3) is 0.278.